The highest BCUT2D eigenvalue weighted by atomic mass is 31.2. The molecule has 2 atom stereocenters. The minimum Gasteiger partial charge on any atom is -0.462 e. The average molecular weight is 826 g/mol. The van der Waals surface area contributed by atoms with Crippen LogP contribution in [0.15, 0.2) is 0 Å². The van der Waals surface area contributed by atoms with Crippen LogP contribution in [0.25, 0.3) is 0 Å². The number of esters is 2. The van der Waals surface area contributed by atoms with Crippen molar-refractivity contribution in [1.29, 1.82) is 0 Å². The first kappa shape index (κ1) is 58.5. The van der Waals surface area contributed by atoms with Crippen LogP contribution in [0, 0.1) is 0 Å². The van der Waals surface area contributed by atoms with Gasteiger partial charge in [-0.15, -0.1) is 0 Å². The van der Waals surface area contributed by atoms with Gasteiger partial charge >= 0.3 is 25.9 Å². The van der Waals surface area contributed by atoms with Gasteiger partial charge in [-0.1, -0.05) is 168 Å². The van der Waals surface area contributed by atoms with Gasteiger partial charge in [0.15, 0.2) is 6.10 Å². The lowest BCUT2D eigenvalue weighted by Gasteiger charge is -2.20. The van der Waals surface area contributed by atoms with Crippen LogP contribution in [0.2, 0.25) is 0 Å². The molecule has 0 heterocycles. The van der Waals surface area contributed by atoms with Crippen LogP contribution in [-0.4, -0.2) is 75.7 Å². The smallest absolute Gasteiger partial charge is 0.462 e. The van der Waals surface area contributed by atoms with Crippen molar-refractivity contribution in [3.05, 3.63) is 0 Å². The predicted molar refractivity (Wildman–Crippen MR) is 223 cm³/mol. The molecule has 15 heteroatoms. The Hall–Kier alpha value is -1.80. The first-order valence-electron chi connectivity index (χ1n) is 21.6. The fourth-order valence-corrected chi connectivity index (χ4v) is 6.74. The molecule has 0 aliphatic rings. The largest absolute Gasteiger partial charge is 0.472 e. The minimum absolute atomic E-state index is 0. The highest BCUT2D eigenvalue weighted by Gasteiger charge is 2.26. The van der Waals surface area contributed by atoms with Gasteiger partial charge in [-0.05, 0) is 12.8 Å². The molecule has 0 saturated carbocycles. The van der Waals surface area contributed by atoms with Gasteiger partial charge in [-0.2, -0.15) is 6.15 Å². The highest BCUT2D eigenvalue weighted by molar-refractivity contribution is 7.47. The molecule has 0 aliphatic carbocycles. The first-order chi connectivity index (χ1) is 26.2. The van der Waals surface area contributed by atoms with Crippen LogP contribution < -0.4 is 17.6 Å². The number of alkyl carbamates (subject to hydrolysis) is 1. The van der Waals surface area contributed by atoms with Crippen molar-refractivity contribution < 1.29 is 51.8 Å². The molecule has 0 aromatic heterocycles. The second-order valence-electron chi connectivity index (χ2n) is 14.4. The Morgan fingerprint density at radius 3 is 1.39 bits per heavy atom. The van der Waals surface area contributed by atoms with Crippen molar-refractivity contribution in [2.45, 2.75) is 200 Å². The van der Waals surface area contributed by atoms with Crippen LogP contribution in [0.5, 0.6) is 0 Å². The summed E-state index contributed by atoms with van der Waals surface area (Å²) in [6, 6.07) is 0. The SMILES string of the molecule is CCCCCCCCCCCCCCCC(=O)OC[C@H](COP(=O)(O)OCCNC(=O)OCCOC)OC(=O)CCCCCCCCCCCCCCC.N.[NH]. The standard InChI is InChI=1S/C41H80NO11P.H3N.HN/c1-4-6-8-10-12-14-16-18-20-22-24-26-28-30-39(43)50-36-38(37-52-54(46,47)51-33-32-42-41(45)49-35-34-48-3)53-40(44)31-29-27-25-23-21-19-17-15-13-11-9-7-5-2;;/h38H,4-37H2,1-3H3,(H,42,45)(H,46,47);1H3;1H/t38-;;/m1../s1. The fraction of sp³-hybridized carbons (Fsp3) is 0.927. The lowest BCUT2D eigenvalue weighted by Crippen LogP contribution is -2.30. The maximum atomic E-state index is 12.7. The van der Waals surface area contributed by atoms with Crippen LogP contribution >= 0.6 is 7.82 Å². The quantitative estimate of drug-likeness (QED) is 0.0227. The fourth-order valence-electron chi connectivity index (χ4n) is 5.99. The molecule has 14 nitrogen and oxygen atoms in total. The summed E-state index contributed by atoms with van der Waals surface area (Å²) in [6.45, 7) is 3.55. The number of nitrogens with one attached hydrogen (secondary N) is 2. The number of phosphoric acid groups is 1. The van der Waals surface area contributed by atoms with Gasteiger partial charge in [0.25, 0.3) is 0 Å². The molecule has 0 rings (SSSR count). The van der Waals surface area contributed by atoms with Crippen molar-refractivity contribution in [2.75, 3.05) is 46.7 Å². The van der Waals surface area contributed by atoms with Crippen molar-refractivity contribution in [3.8, 4) is 0 Å². The number of carbonyl (C=O) groups excluding carboxylic acids is 3. The van der Waals surface area contributed by atoms with Gasteiger partial charge in [-0.25, -0.2) is 9.36 Å². The Labute approximate surface area is 341 Å². The Kier molecular flexibility index (Phi) is 46.3. The van der Waals surface area contributed by atoms with Crippen molar-refractivity contribution in [3.63, 3.8) is 0 Å². The number of carbonyl (C=O) groups is 3. The van der Waals surface area contributed by atoms with E-state index in [4.69, 9.17) is 28.0 Å². The summed E-state index contributed by atoms with van der Waals surface area (Å²) < 4.78 is 43.0. The molecule has 0 saturated heterocycles. The number of hydrogen-bond donors (Lipinski definition) is 3. The molecule has 0 spiro atoms. The maximum Gasteiger partial charge on any atom is 0.472 e. The average Bonchev–Trinajstić information content (AvgIpc) is 3.15. The molecule has 2 radical (unpaired) electrons. The number of methoxy groups -OCH3 is 1. The van der Waals surface area contributed by atoms with Crippen molar-refractivity contribution in [1.82, 2.24) is 17.6 Å². The number of rotatable bonds is 41. The molecular weight excluding hydrogens is 741 g/mol. The lowest BCUT2D eigenvalue weighted by atomic mass is 10.0. The van der Waals surface area contributed by atoms with Gasteiger partial charge in [0, 0.05) is 26.5 Å². The molecular formula is C41H84N3O11P. The molecule has 0 bridgehead atoms. The van der Waals surface area contributed by atoms with Crippen LogP contribution in [0.1, 0.15) is 194 Å². The van der Waals surface area contributed by atoms with E-state index >= 15 is 0 Å². The lowest BCUT2D eigenvalue weighted by molar-refractivity contribution is -0.161. The third-order valence-corrected chi connectivity index (χ3v) is 10.3. The second-order valence-corrected chi connectivity index (χ2v) is 15.9. The molecule has 0 aromatic carbocycles. The van der Waals surface area contributed by atoms with Gasteiger partial charge in [0.2, 0.25) is 0 Å². The van der Waals surface area contributed by atoms with E-state index in [1.54, 1.807) is 0 Å². The second kappa shape index (κ2) is 44.3. The zero-order chi connectivity index (χ0) is 39.8. The van der Waals surface area contributed by atoms with E-state index in [1.165, 1.54) is 123 Å². The predicted octanol–water partition coefficient (Wildman–Crippen LogP) is 10.8. The summed E-state index contributed by atoms with van der Waals surface area (Å²) >= 11 is 0. The molecule has 0 aliphatic heterocycles. The van der Waals surface area contributed by atoms with Crippen molar-refractivity contribution >= 4 is 25.9 Å². The van der Waals surface area contributed by atoms with E-state index in [0.717, 1.165) is 38.5 Å². The summed E-state index contributed by atoms with van der Waals surface area (Å²) in [5, 5.41) is 2.38. The van der Waals surface area contributed by atoms with Gasteiger partial charge in [0.05, 0.1) is 19.8 Å². The normalized spacial score (nSPS) is 12.5. The summed E-state index contributed by atoms with van der Waals surface area (Å²) in [5.74, 6) is -0.897. The zero-order valence-corrected chi connectivity index (χ0v) is 36.7. The number of amides is 1. The topological polar surface area (TPSA) is 223 Å². The number of unbranched alkanes of at least 4 members (excludes halogenated alkanes) is 24. The molecule has 56 heavy (non-hydrogen) atoms. The summed E-state index contributed by atoms with van der Waals surface area (Å²) in [4.78, 5) is 46.9. The zero-order valence-electron chi connectivity index (χ0n) is 35.8. The third kappa shape index (κ3) is 43.3. The molecule has 1 unspecified atom stereocenters. The summed E-state index contributed by atoms with van der Waals surface area (Å²) in [7, 11) is -3.09. The minimum atomic E-state index is -4.56. The molecule has 0 aromatic rings. The monoisotopic (exact) mass is 826 g/mol. The summed E-state index contributed by atoms with van der Waals surface area (Å²) in [6.07, 6.45) is 29.8. The van der Waals surface area contributed by atoms with E-state index in [2.05, 4.69) is 19.2 Å². The van der Waals surface area contributed by atoms with Crippen LogP contribution in [0.3, 0.4) is 0 Å². The molecule has 334 valence electrons. The Morgan fingerprint density at radius 1 is 0.554 bits per heavy atom. The van der Waals surface area contributed by atoms with Crippen molar-refractivity contribution in [2.24, 2.45) is 0 Å². The molecule has 6 N–H and O–H groups in total. The number of ether oxygens (including phenoxy) is 4. The van der Waals surface area contributed by atoms with E-state index in [1.807, 2.05) is 0 Å². The Bertz CT molecular complexity index is 933. The van der Waals surface area contributed by atoms with Crippen LogP contribution in [0.4, 0.5) is 4.79 Å². The third-order valence-electron chi connectivity index (χ3n) is 9.27. The van der Waals surface area contributed by atoms with Crippen LogP contribution in [-0.2, 0) is 42.1 Å². The summed E-state index contributed by atoms with van der Waals surface area (Å²) in [5.41, 5.74) is 0. The highest BCUT2D eigenvalue weighted by Crippen LogP contribution is 2.43. The van der Waals surface area contributed by atoms with E-state index in [9.17, 15) is 23.8 Å². The molecule has 0 fully saturated rings. The van der Waals surface area contributed by atoms with Gasteiger partial charge in [-0.3, -0.25) is 18.6 Å². The maximum absolute atomic E-state index is 12.7. The first-order valence-corrected chi connectivity index (χ1v) is 23.1. The van der Waals surface area contributed by atoms with Gasteiger partial charge < -0.3 is 35.3 Å². The Balaban J connectivity index is -0.0000140. The molecule has 1 amide bonds. The van der Waals surface area contributed by atoms with Gasteiger partial charge in [0.1, 0.15) is 13.2 Å². The van der Waals surface area contributed by atoms with E-state index in [0.29, 0.717) is 12.8 Å². The Morgan fingerprint density at radius 2 is 0.964 bits per heavy atom. The number of phosphoric ester groups is 1. The van der Waals surface area contributed by atoms with E-state index < -0.39 is 38.6 Å². The van der Waals surface area contributed by atoms with E-state index in [-0.39, 0.29) is 58.1 Å². The number of hydrogen-bond acceptors (Lipinski definition) is 11.